The standard InChI is InChI=1S/C13H11Cl2NO3/c1-7-4-8(12(14)18)2-3-10(7)16-6-9(13(15)19)5-11(16)17/h2-4,9H,5-6H2,1H3. The summed E-state index contributed by atoms with van der Waals surface area (Å²) in [6.45, 7) is 2.05. The van der Waals surface area contributed by atoms with Crippen molar-refractivity contribution in [2.75, 3.05) is 11.4 Å². The van der Waals surface area contributed by atoms with E-state index >= 15 is 0 Å². The maximum Gasteiger partial charge on any atom is 0.252 e. The van der Waals surface area contributed by atoms with Gasteiger partial charge in [0, 0.05) is 24.2 Å². The van der Waals surface area contributed by atoms with Crippen molar-refractivity contribution in [1.29, 1.82) is 0 Å². The maximum absolute atomic E-state index is 11.9. The molecule has 0 bridgehead atoms. The molecule has 1 aliphatic rings. The highest BCUT2D eigenvalue weighted by Gasteiger charge is 2.34. The Balaban J connectivity index is 2.30. The number of rotatable bonds is 3. The number of amides is 1. The summed E-state index contributed by atoms with van der Waals surface area (Å²) in [5.74, 6) is -0.616. The van der Waals surface area contributed by atoms with Gasteiger partial charge in [0.05, 0.1) is 5.92 Å². The quantitative estimate of drug-likeness (QED) is 0.806. The number of benzene rings is 1. The van der Waals surface area contributed by atoms with Gasteiger partial charge in [-0.05, 0) is 53.9 Å². The normalized spacial score (nSPS) is 18.8. The Hall–Kier alpha value is -1.39. The molecular weight excluding hydrogens is 289 g/mol. The van der Waals surface area contributed by atoms with Crippen molar-refractivity contribution in [2.45, 2.75) is 13.3 Å². The molecule has 100 valence electrons. The second-order valence-corrected chi connectivity index (χ2v) is 5.20. The summed E-state index contributed by atoms with van der Waals surface area (Å²) in [6, 6.07) is 4.83. The number of carbonyl (C=O) groups is 3. The van der Waals surface area contributed by atoms with Crippen LogP contribution in [0.2, 0.25) is 0 Å². The van der Waals surface area contributed by atoms with Crippen LogP contribution in [0.5, 0.6) is 0 Å². The van der Waals surface area contributed by atoms with Crippen molar-refractivity contribution in [3.63, 3.8) is 0 Å². The summed E-state index contributed by atoms with van der Waals surface area (Å²) < 4.78 is 0. The molecule has 0 aromatic heterocycles. The third-order valence-corrected chi connectivity index (χ3v) is 3.69. The molecule has 1 aromatic carbocycles. The van der Waals surface area contributed by atoms with Crippen LogP contribution in [0, 0.1) is 12.8 Å². The molecule has 0 spiro atoms. The molecule has 0 aliphatic carbocycles. The summed E-state index contributed by atoms with van der Waals surface area (Å²) in [5.41, 5.74) is 1.80. The molecule has 1 atom stereocenters. The van der Waals surface area contributed by atoms with Crippen LogP contribution in [0.15, 0.2) is 18.2 Å². The van der Waals surface area contributed by atoms with Gasteiger partial charge in [-0.25, -0.2) is 0 Å². The first-order chi connectivity index (χ1) is 8.90. The van der Waals surface area contributed by atoms with Crippen LogP contribution in [-0.4, -0.2) is 22.9 Å². The van der Waals surface area contributed by atoms with E-state index in [1.165, 1.54) is 4.90 Å². The van der Waals surface area contributed by atoms with Gasteiger partial charge in [0.25, 0.3) is 5.24 Å². The van der Waals surface area contributed by atoms with Crippen molar-refractivity contribution in [3.05, 3.63) is 29.3 Å². The predicted octanol–water partition coefficient (Wildman–Crippen LogP) is 2.49. The number of halogens is 2. The van der Waals surface area contributed by atoms with Crippen molar-refractivity contribution in [3.8, 4) is 0 Å². The predicted molar refractivity (Wildman–Crippen MR) is 72.7 cm³/mol. The highest BCUT2D eigenvalue weighted by Crippen LogP contribution is 2.29. The summed E-state index contributed by atoms with van der Waals surface area (Å²) in [6.07, 6.45) is 0.123. The zero-order valence-electron chi connectivity index (χ0n) is 10.2. The van der Waals surface area contributed by atoms with Gasteiger partial charge < -0.3 is 4.90 Å². The second-order valence-electron chi connectivity index (χ2n) is 4.48. The number of hydrogen-bond acceptors (Lipinski definition) is 3. The Morgan fingerprint density at radius 3 is 2.47 bits per heavy atom. The van der Waals surface area contributed by atoms with Gasteiger partial charge in [0.1, 0.15) is 0 Å². The first kappa shape index (κ1) is 14.0. The molecule has 1 amide bonds. The van der Waals surface area contributed by atoms with Crippen LogP contribution in [0.4, 0.5) is 5.69 Å². The molecule has 0 N–H and O–H groups in total. The molecule has 1 saturated heterocycles. The summed E-state index contributed by atoms with van der Waals surface area (Å²) in [7, 11) is 0. The van der Waals surface area contributed by atoms with Gasteiger partial charge in [-0.15, -0.1) is 0 Å². The van der Waals surface area contributed by atoms with Crippen molar-refractivity contribution >= 4 is 45.3 Å². The third-order valence-electron chi connectivity index (χ3n) is 3.16. The molecule has 4 nitrogen and oxygen atoms in total. The largest absolute Gasteiger partial charge is 0.311 e. The van der Waals surface area contributed by atoms with Gasteiger partial charge >= 0.3 is 0 Å². The first-order valence-electron chi connectivity index (χ1n) is 5.70. The van der Waals surface area contributed by atoms with E-state index in [2.05, 4.69) is 0 Å². The second kappa shape index (κ2) is 5.31. The lowest BCUT2D eigenvalue weighted by Crippen LogP contribution is -2.26. The Morgan fingerprint density at radius 1 is 1.32 bits per heavy atom. The average molecular weight is 300 g/mol. The highest BCUT2D eigenvalue weighted by molar-refractivity contribution is 6.67. The molecule has 1 aromatic rings. The van der Waals surface area contributed by atoms with Crippen LogP contribution in [-0.2, 0) is 9.59 Å². The minimum atomic E-state index is -0.545. The zero-order chi connectivity index (χ0) is 14.2. The molecule has 0 saturated carbocycles. The Labute approximate surface area is 120 Å². The first-order valence-corrected chi connectivity index (χ1v) is 6.46. The van der Waals surface area contributed by atoms with E-state index in [9.17, 15) is 14.4 Å². The Kier molecular flexibility index (Phi) is 3.92. The molecule has 6 heteroatoms. The maximum atomic E-state index is 11.9. The lowest BCUT2D eigenvalue weighted by Gasteiger charge is -2.19. The molecule has 19 heavy (non-hydrogen) atoms. The van der Waals surface area contributed by atoms with Crippen LogP contribution < -0.4 is 4.90 Å². The van der Waals surface area contributed by atoms with Gasteiger partial charge in [-0.1, -0.05) is 0 Å². The molecule has 1 aliphatic heterocycles. The Bertz CT molecular complexity index is 571. The lowest BCUT2D eigenvalue weighted by atomic mass is 10.1. The average Bonchev–Trinajstić information content (AvgIpc) is 2.71. The fourth-order valence-electron chi connectivity index (χ4n) is 2.17. The fraction of sp³-hybridized carbons (Fsp3) is 0.308. The van der Waals surface area contributed by atoms with Crippen molar-refractivity contribution in [2.24, 2.45) is 5.92 Å². The Morgan fingerprint density at radius 2 is 2.00 bits per heavy atom. The van der Waals surface area contributed by atoms with Gasteiger partial charge in [-0.3, -0.25) is 14.4 Å². The lowest BCUT2D eigenvalue weighted by molar-refractivity contribution is -0.120. The summed E-state index contributed by atoms with van der Waals surface area (Å²) in [5, 5.41) is -1.04. The van der Waals surface area contributed by atoms with E-state index < -0.39 is 16.4 Å². The van der Waals surface area contributed by atoms with Crippen molar-refractivity contribution in [1.82, 2.24) is 0 Å². The number of carbonyl (C=O) groups excluding carboxylic acids is 3. The molecule has 1 fully saturated rings. The van der Waals surface area contributed by atoms with Crippen LogP contribution in [0.3, 0.4) is 0 Å². The van der Waals surface area contributed by atoms with E-state index in [1.54, 1.807) is 25.1 Å². The van der Waals surface area contributed by atoms with E-state index in [1.807, 2.05) is 0 Å². The van der Waals surface area contributed by atoms with Crippen molar-refractivity contribution < 1.29 is 14.4 Å². The number of nitrogens with zero attached hydrogens (tertiary/aromatic N) is 1. The minimum absolute atomic E-state index is 0.123. The number of hydrogen-bond donors (Lipinski definition) is 0. The number of aryl methyl sites for hydroxylation is 1. The molecular formula is C13H11Cl2NO3. The minimum Gasteiger partial charge on any atom is -0.311 e. The third kappa shape index (κ3) is 2.80. The smallest absolute Gasteiger partial charge is 0.252 e. The fourth-order valence-corrected chi connectivity index (χ4v) is 2.44. The molecule has 1 heterocycles. The van der Waals surface area contributed by atoms with Gasteiger partial charge in [0.15, 0.2) is 0 Å². The molecule has 0 radical (unpaired) electrons. The van der Waals surface area contributed by atoms with Crippen LogP contribution in [0.25, 0.3) is 0 Å². The topological polar surface area (TPSA) is 54.5 Å². The van der Waals surface area contributed by atoms with E-state index in [0.717, 1.165) is 5.56 Å². The summed E-state index contributed by atoms with van der Waals surface area (Å²) in [4.78, 5) is 35.6. The number of anilines is 1. The molecule has 2 rings (SSSR count). The van der Waals surface area contributed by atoms with Gasteiger partial charge in [-0.2, -0.15) is 0 Å². The monoisotopic (exact) mass is 299 g/mol. The van der Waals surface area contributed by atoms with E-state index in [-0.39, 0.29) is 18.9 Å². The van der Waals surface area contributed by atoms with E-state index in [4.69, 9.17) is 23.2 Å². The highest BCUT2D eigenvalue weighted by atomic mass is 35.5. The SMILES string of the molecule is Cc1cc(C(=O)Cl)ccc1N1CC(C(=O)Cl)CC1=O. The zero-order valence-corrected chi connectivity index (χ0v) is 11.7. The summed E-state index contributed by atoms with van der Waals surface area (Å²) >= 11 is 10.8. The van der Waals surface area contributed by atoms with Crippen LogP contribution in [0.1, 0.15) is 22.3 Å². The van der Waals surface area contributed by atoms with E-state index in [0.29, 0.717) is 11.3 Å². The van der Waals surface area contributed by atoms with Crippen LogP contribution >= 0.6 is 23.2 Å². The molecule has 1 unspecified atom stereocenters. The van der Waals surface area contributed by atoms with Gasteiger partial charge in [0.2, 0.25) is 11.1 Å².